The minimum atomic E-state index is 0.680. The van der Waals surface area contributed by atoms with Gasteiger partial charge in [0.25, 0.3) is 0 Å². The van der Waals surface area contributed by atoms with Gasteiger partial charge in [0.2, 0.25) is 0 Å². The summed E-state index contributed by atoms with van der Waals surface area (Å²) in [7, 11) is 0. The first-order valence-corrected chi connectivity index (χ1v) is 8.13. The molecule has 0 saturated carbocycles. The fourth-order valence-electron chi connectivity index (χ4n) is 3.64. The smallest absolute Gasteiger partial charge is 0.148 e. The van der Waals surface area contributed by atoms with Gasteiger partial charge in [0.15, 0.2) is 0 Å². The van der Waals surface area contributed by atoms with Crippen molar-refractivity contribution in [3.8, 4) is 0 Å². The van der Waals surface area contributed by atoms with E-state index in [1.165, 1.54) is 38.8 Å². The van der Waals surface area contributed by atoms with Crippen molar-refractivity contribution in [2.24, 2.45) is 5.84 Å². The number of nitrogens with zero attached hydrogens (tertiary/aromatic N) is 4. The van der Waals surface area contributed by atoms with E-state index >= 15 is 0 Å². The number of rotatable bonds is 4. The number of nitrogens with two attached hydrogens (primary N) is 1. The molecule has 6 heteroatoms. The summed E-state index contributed by atoms with van der Waals surface area (Å²) < 4.78 is 0. The number of aromatic nitrogens is 2. The van der Waals surface area contributed by atoms with Crippen LogP contribution in [0.5, 0.6) is 0 Å². The van der Waals surface area contributed by atoms with Crippen LogP contribution >= 0.6 is 0 Å². The van der Waals surface area contributed by atoms with Crippen LogP contribution in [-0.4, -0.2) is 47.1 Å². The van der Waals surface area contributed by atoms with Gasteiger partial charge < -0.3 is 10.3 Å². The second-order valence-electron chi connectivity index (χ2n) is 6.01. The quantitative estimate of drug-likeness (QED) is 0.645. The van der Waals surface area contributed by atoms with E-state index in [9.17, 15) is 0 Å². The molecular formula is C15H26N6. The summed E-state index contributed by atoms with van der Waals surface area (Å²) in [5, 5.41) is 0. The highest BCUT2D eigenvalue weighted by Crippen LogP contribution is 2.28. The lowest BCUT2D eigenvalue weighted by Gasteiger charge is -2.32. The molecular weight excluding hydrogens is 264 g/mol. The van der Waals surface area contributed by atoms with Crippen molar-refractivity contribution in [3.63, 3.8) is 0 Å². The number of hydrogen-bond donors (Lipinski definition) is 2. The van der Waals surface area contributed by atoms with Crippen molar-refractivity contribution in [2.75, 3.05) is 36.5 Å². The average molecular weight is 290 g/mol. The Kier molecular flexibility index (Phi) is 4.55. The molecule has 2 aliphatic heterocycles. The van der Waals surface area contributed by atoms with E-state index in [2.05, 4.69) is 32.1 Å². The lowest BCUT2D eigenvalue weighted by atomic mass is 10.1. The molecule has 21 heavy (non-hydrogen) atoms. The van der Waals surface area contributed by atoms with Crippen LogP contribution in [-0.2, 0) is 6.42 Å². The van der Waals surface area contributed by atoms with E-state index in [1.54, 1.807) is 6.33 Å². The Bertz CT molecular complexity index is 471. The normalized spacial score (nSPS) is 23.5. The van der Waals surface area contributed by atoms with E-state index in [0.29, 0.717) is 6.04 Å². The van der Waals surface area contributed by atoms with E-state index in [-0.39, 0.29) is 0 Å². The predicted octanol–water partition coefficient (Wildman–Crippen LogP) is 1.39. The summed E-state index contributed by atoms with van der Waals surface area (Å²) >= 11 is 0. The first kappa shape index (κ1) is 14.5. The summed E-state index contributed by atoms with van der Waals surface area (Å²) in [5.41, 5.74) is 3.82. The molecule has 2 aliphatic rings. The monoisotopic (exact) mass is 290 g/mol. The van der Waals surface area contributed by atoms with Crippen molar-refractivity contribution >= 4 is 11.6 Å². The van der Waals surface area contributed by atoms with Gasteiger partial charge in [0.05, 0.1) is 0 Å². The van der Waals surface area contributed by atoms with Crippen molar-refractivity contribution in [1.82, 2.24) is 14.9 Å². The molecule has 6 nitrogen and oxygen atoms in total. The molecule has 0 aliphatic carbocycles. The summed E-state index contributed by atoms with van der Waals surface area (Å²) in [6.45, 7) is 6.81. The SMILES string of the molecule is CCc1c(NN)ncnc1N1CCC(N2CCCCC2)C1. The van der Waals surface area contributed by atoms with Gasteiger partial charge in [0, 0.05) is 24.7 Å². The Balaban J connectivity index is 1.73. The molecule has 2 fully saturated rings. The molecule has 0 radical (unpaired) electrons. The van der Waals surface area contributed by atoms with Gasteiger partial charge in [0.1, 0.15) is 18.0 Å². The third-order valence-electron chi connectivity index (χ3n) is 4.78. The number of nitrogen functional groups attached to an aromatic ring is 1. The third kappa shape index (κ3) is 2.96. The highest BCUT2D eigenvalue weighted by Gasteiger charge is 2.30. The van der Waals surface area contributed by atoms with E-state index < -0.39 is 0 Å². The maximum absolute atomic E-state index is 5.57. The van der Waals surface area contributed by atoms with Crippen LogP contribution in [0.4, 0.5) is 11.6 Å². The van der Waals surface area contributed by atoms with Crippen LogP contribution in [0.1, 0.15) is 38.2 Å². The van der Waals surface area contributed by atoms with Crippen molar-refractivity contribution in [1.29, 1.82) is 0 Å². The zero-order valence-electron chi connectivity index (χ0n) is 12.9. The molecule has 0 bridgehead atoms. The van der Waals surface area contributed by atoms with Gasteiger partial charge in [-0.3, -0.25) is 4.90 Å². The fourth-order valence-corrected chi connectivity index (χ4v) is 3.64. The maximum Gasteiger partial charge on any atom is 0.148 e. The Hall–Kier alpha value is -1.40. The average Bonchev–Trinajstić information content (AvgIpc) is 3.04. The first-order valence-electron chi connectivity index (χ1n) is 8.13. The summed E-state index contributed by atoms with van der Waals surface area (Å²) in [5.74, 6) is 7.38. The number of piperidine rings is 1. The predicted molar refractivity (Wildman–Crippen MR) is 85.3 cm³/mol. The summed E-state index contributed by atoms with van der Waals surface area (Å²) in [4.78, 5) is 13.8. The minimum Gasteiger partial charge on any atom is -0.355 e. The molecule has 3 rings (SSSR count). The van der Waals surface area contributed by atoms with Gasteiger partial charge in [-0.2, -0.15) is 0 Å². The molecule has 1 unspecified atom stereocenters. The van der Waals surface area contributed by atoms with Crippen molar-refractivity contribution in [3.05, 3.63) is 11.9 Å². The van der Waals surface area contributed by atoms with Crippen LogP contribution < -0.4 is 16.2 Å². The number of likely N-dealkylation sites (tertiary alicyclic amines) is 1. The third-order valence-corrected chi connectivity index (χ3v) is 4.78. The molecule has 2 saturated heterocycles. The summed E-state index contributed by atoms with van der Waals surface area (Å²) in [6, 6.07) is 0.680. The fraction of sp³-hybridized carbons (Fsp3) is 0.733. The van der Waals surface area contributed by atoms with Crippen LogP contribution in [0, 0.1) is 0 Å². The molecule has 0 spiro atoms. The second kappa shape index (κ2) is 6.58. The molecule has 3 heterocycles. The topological polar surface area (TPSA) is 70.3 Å². The molecule has 116 valence electrons. The van der Waals surface area contributed by atoms with E-state index in [1.807, 2.05) is 0 Å². The van der Waals surface area contributed by atoms with Crippen LogP contribution in [0.2, 0.25) is 0 Å². The Morgan fingerprint density at radius 1 is 1.24 bits per heavy atom. The summed E-state index contributed by atoms with van der Waals surface area (Å²) in [6.07, 6.45) is 7.83. The highest BCUT2D eigenvalue weighted by atomic mass is 15.3. The van der Waals surface area contributed by atoms with Gasteiger partial charge in [-0.05, 0) is 38.8 Å². The van der Waals surface area contributed by atoms with Crippen molar-refractivity contribution in [2.45, 2.75) is 45.1 Å². The second-order valence-corrected chi connectivity index (χ2v) is 6.01. The van der Waals surface area contributed by atoms with Crippen LogP contribution in [0.3, 0.4) is 0 Å². The van der Waals surface area contributed by atoms with Gasteiger partial charge >= 0.3 is 0 Å². The molecule has 0 amide bonds. The number of hydrazine groups is 1. The zero-order chi connectivity index (χ0) is 14.7. The Labute approximate surface area is 126 Å². The number of hydrogen-bond acceptors (Lipinski definition) is 6. The molecule has 1 aromatic heterocycles. The number of nitrogens with one attached hydrogen (secondary N) is 1. The lowest BCUT2D eigenvalue weighted by Crippen LogP contribution is -2.41. The standard InChI is InChI=1S/C15H26N6/c1-2-13-14(19-16)17-11-18-15(13)21-9-6-12(10-21)20-7-4-3-5-8-20/h11-12H,2-10,16H2,1H3,(H,17,18,19). The van der Waals surface area contributed by atoms with Gasteiger partial charge in [-0.1, -0.05) is 13.3 Å². The molecule has 0 aromatic carbocycles. The Morgan fingerprint density at radius 2 is 2.05 bits per heavy atom. The lowest BCUT2D eigenvalue weighted by molar-refractivity contribution is 0.174. The molecule has 1 atom stereocenters. The van der Waals surface area contributed by atoms with E-state index in [0.717, 1.165) is 36.7 Å². The largest absolute Gasteiger partial charge is 0.355 e. The van der Waals surface area contributed by atoms with Crippen molar-refractivity contribution < 1.29 is 0 Å². The number of anilines is 2. The minimum absolute atomic E-state index is 0.680. The van der Waals surface area contributed by atoms with E-state index in [4.69, 9.17) is 5.84 Å². The van der Waals surface area contributed by atoms with Crippen LogP contribution in [0.25, 0.3) is 0 Å². The van der Waals surface area contributed by atoms with Gasteiger partial charge in [-0.25, -0.2) is 15.8 Å². The first-order chi connectivity index (χ1) is 10.3. The Morgan fingerprint density at radius 3 is 2.76 bits per heavy atom. The molecule has 3 N–H and O–H groups in total. The highest BCUT2D eigenvalue weighted by molar-refractivity contribution is 5.58. The molecule has 1 aromatic rings. The maximum atomic E-state index is 5.57. The zero-order valence-corrected chi connectivity index (χ0v) is 12.9. The van der Waals surface area contributed by atoms with Gasteiger partial charge in [-0.15, -0.1) is 0 Å². The van der Waals surface area contributed by atoms with Crippen LogP contribution in [0.15, 0.2) is 6.33 Å².